The molecule has 0 atom stereocenters. The van der Waals surface area contributed by atoms with Crippen LogP contribution in [0.3, 0.4) is 0 Å². The van der Waals surface area contributed by atoms with E-state index in [9.17, 15) is 0 Å². The number of hydrogen-bond donors (Lipinski definition) is 3. The van der Waals surface area contributed by atoms with Gasteiger partial charge in [0.2, 0.25) is 0 Å². The van der Waals surface area contributed by atoms with Gasteiger partial charge in [-0.25, -0.2) is 0 Å². The molecule has 0 aliphatic carbocycles. The van der Waals surface area contributed by atoms with Gasteiger partial charge >= 0.3 is 0 Å². The van der Waals surface area contributed by atoms with E-state index in [0.717, 1.165) is 36.0 Å². The Morgan fingerprint density at radius 3 is 2.71 bits per heavy atom. The summed E-state index contributed by atoms with van der Waals surface area (Å²) >= 11 is 6.15. The predicted octanol–water partition coefficient (Wildman–Crippen LogP) is 4.59. The van der Waals surface area contributed by atoms with Gasteiger partial charge in [-0.05, 0) is 47.4 Å². The molecule has 8 heteroatoms. The quantitative estimate of drug-likeness (QED) is 0.180. The highest BCUT2D eigenvalue weighted by molar-refractivity contribution is 14.0. The van der Waals surface area contributed by atoms with Crippen molar-refractivity contribution in [1.82, 2.24) is 25.4 Å². The number of benzene rings is 2. The molecular formula is C23H26ClIN6. The van der Waals surface area contributed by atoms with E-state index in [-0.39, 0.29) is 24.0 Å². The summed E-state index contributed by atoms with van der Waals surface area (Å²) in [5.41, 5.74) is 4.80. The minimum atomic E-state index is 0. The molecule has 4 rings (SSSR count). The van der Waals surface area contributed by atoms with Crippen molar-refractivity contribution in [1.29, 1.82) is 0 Å². The van der Waals surface area contributed by atoms with Crippen LogP contribution in [0.4, 0.5) is 0 Å². The van der Waals surface area contributed by atoms with Gasteiger partial charge in [0, 0.05) is 54.7 Å². The molecule has 0 amide bonds. The zero-order valence-corrected chi connectivity index (χ0v) is 20.4. The molecular weight excluding hydrogens is 523 g/mol. The fourth-order valence-electron chi connectivity index (χ4n) is 3.53. The summed E-state index contributed by atoms with van der Waals surface area (Å²) in [5.74, 6) is 0.779. The molecule has 0 saturated carbocycles. The first-order valence-electron chi connectivity index (χ1n) is 9.97. The Labute approximate surface area is 204 Å². The molecule has 0 saturated heterocycles. The van der Waals surface area contributed by atoms with Crippen LogP contribution < -0.4 is 10.6 Å². The third kappa shape index (κ3) is 6.01. The summed E-state index contributed by atoms with van der Waals surface area (Å²) in [4.78, 5) is 7.65. The Bertz CT molecular complexity index is 1140. The number of hydrogen-bond acceptors (Lipinski definition) is 2. The van der Waals surface area contributed by atoms with Crippen LogP contribution in [0.15, 0.2) is 72.1 Å². The van der Waals surface area contributed by atoms with Crippen LogP contribution in [-0.4, -0.2) is 34.3 Å². The molecule has 0 spiro atoms. The number of aromatic nitrogens is 3. The molecule has 0 radical (unpaired) electrons. The molecule has 162 valence electrons. The van der Waals surface area contributed by atoms with Crippen molar-refractivity contribution in [3.8, 4) is 0 Å². The first-order chi connectivity index (χ1) is 14.7. The van der Waals surface area contributed by atoms with E-state index in [4.69, 9.17) is 11.6 Å². The highest BCUT2D eigenvalue weighted by atomic mass is 127. The van der Waals surface area contributed by atoms with Crippen LogP contribution in [0.2, 0.25) is 5.02 Å². The lowest BCUT2D eigenvalue weighted by Gasteiger charge is -2.14. The number of nitrogens with zero attached hydrogens (tertiary/aromatic N) is 3. The molecule has 0 aliphatic rings. The number of fused-ring (bicyclic) bond motifs is 1. The van der Waals surface area contributed by atoms with Crippen LogP contribution in [0, 0.1) is 0 Å². The number of nitrogens with one attached hydrogen (secondary N) is 3. The van der Waals surface area contributed by atoms with E-state index in [1.165, 1.54) is 22.1 Å². The van der Waals surface area contributed by atoms with Crippen molar-refractivity contribution in [2.45, 2.75) is 19.5 Å². The summed E-state index contributed by atoms with van der Waals surface area (Å²) in [6.45, 7) is 2.22. The van der Waals surface area contributed by atoms with Crippen molar-refractivity contribution >= 4 is 52.4 Å². The number of halogens is 2. The molecule has 4 aromatic rings. The van der Waals surface area contributed by atoms with Crippen molar-refractivity contribution < 1.29 is 0 Å². The Kier molecular flexibility index (Phi) is 8.36. The maximum Gasteiger partial charge on any atom is 0.191 e. The first-order valence-corrected chi connectivity index (χ1v) is 10.3. The van der Waals surface area contributed by atoms with Crippen LogP contribution in [0.5, 0.6) is 0 Å². The van der Waals surface area contributed by atoms with E-state index in [2.05, 4.69) is 50.0 Å². The molecule has 2 aromatic heterocycles. The fraction of sp³-hybridized carbons (Fsp3) is 0.217. The third-order valence-corrected chi connectivity index (χ3v) is 5.33. The van der Waals surface area contributed by atoms with Gasteiger partial charge in [0.05, 0.1) is 6.54 Å². The van der Waals surface area contributed by atoms with Crippen LogP contribution >= 0.6 is 35.6 Å². The lowest BCUT2D eigenvalue weighted by molar-refractivity contribution is 0.677. The Balaban J connectivity index is 0.00000272. The topological polar surface area (TPSA) is 70.0 Å². The van der Waals surface area contributed by atoms with E-state index in [0.29, 0.717) is 6.54 Å². The smallest absolute Gasteiger partial charge is 0.191 e. The minimum Gasteiger partial charge on any atom is -0.361 e. The van der Waals surface area contributed by atoms with E-state index < -0.39 is 0 Å². The minimum absolute atomic E-state index is 0. The standard InChI is InChI=1S/C23H25ClN6.HI/c1-25-23(26-11-9-18-15-27-22-8-7-20(24)13-21(18)22)28-14-17-5-2-3-6-19(17)16-30-12-4-10-29-30;/h2-8,10,12-13,15,27H,9,11,14,16H2,1H3,(H2,25,26,28);1H. The summed E-state index contributed by atoms with van der Waals surface area (Å²) in [6, 6.07) is 16.2. The largest absolute Gasteiger partial charge is 0.361 e. The van der Waals surface area contributed by atoms with Gasteiger partial charge < -0.3 is 15.6 Å². The monoisotopic (exact) mass is 548 g/mol. The molecule has 2 heterocycles. The number of guanidine groups is 1. The second-order valence-electron chi connectivity index (χ2n) is 7.08. The van der Waals surface area contributed by atoms with Crippen LogP contribution in [-0.2, 0) is 19.5 Å². The van der Waals surface area contributed by atoms with Gasteiger partial charge in [-0.3, -0.25) is 9.67 Å². The van der Waals surface area contributed by atoms with Gasteiger partial charge in [0.25, 0.3) is 0 Å². The highest BCUT2D eigenvalue weighted by Gasteiger charge is 2.07. The van der Waals surface area contributed by atoms with Crippen LogP contribution in [0.25, 0.3) is 10.9 Å². The molecule has 0 unspecified atom stereocenters. The van der Waals surface area contributed by atoms with Crippen LogP contribution in [0.1, 0.15) is 16.7 Å². The van der Waals surface area contributed by atoms with Crippen molar-refractivity contribution in [2.75, 3.05) is 13.6 Å². The molecule has 3 N–H and O–H groups in total. The fourth-order valence-corrected chi connectivity index (χ4v) is 3.70. The molecule has 6 nitrogen and oxygen atoms in total. The second kappa shape index (κ2) is 11.2. The van der Waals surface area contributed by atoms with Crippen molar-refractivity contribution in [2.24, 2.45) is 4.99 Å². The lowest BCUT2D eigenvalue weighted by Crippen LogP contribution is -2.38. The van der Waals surface area contributed by atoms with E-state index in [1.807, 2.05) is 41.3 Å². The van der Waals surface area contributed by atoms with Gasteiger partial charge in [0.15, 0.2) is 5.96 Å². The highest BCUT2D eigenvalue weighted by Crippen LogP contribution is 2.22. The molecule has 31 heavy (non-hydrogen) atoms. The van der Waals surface area contributed by atoms with Gasteiger partial charge in [-0.15, -0.1) is 24.0 Å². The summed E-state index contributed by atoms with van der Waals surface area (Å²) in [5, 5.41) is 13.0. The normalized spacial score (nSPS) is 11.4. The number of aliphatic imine (C=N–C) groups is 1. The maximum absolute atomic E-state index is 6.15. The SMILES string of the molecule is CN=C(NCCc1c[nH]c2ccc(Cl)cc12)NCc1ccccc1Cn1cccn1.I. The molecule has 0 aliphatic heterocycles. The maximum atomic E-state index is 6.15. The number of rotatable bonds is 7. The zero-order valence-electron chi connectivity index (χ0n) is 17.3. The van der Waals surface area contributed by atoms with Gasteiger partial charge in [-0.1, -0.05) is 35.9 Å². The Morgan fingerprint density at radius 1 is 1.10 bits per heavy atom. The molecule has 0 bridgehead atoms. The zero-order chi connectivity index (χ0) is 20.8. The average molecular weight is 549 g/mol. The Morgan fingerprint density at radius 2 is 1.94 bits per heavy atom. The summed E-state index contributed by atoms with van der Waals surface area (Å²) in [7, 11) is 1.79. The second-order valence-corrected chi connectivity index (χ2v) is 7.52. The third-order valence-electron chi connectivity index (χ3n) is 5.10. The summed E-state index contributed by atoms with van der Waals surface area (Å²) < 4.78 is 1.93. The van der Waals surface area contributed by atoms with E-state index in [1.54, 1.807) is 13.2 Å². The first kappa shape index (κ1) is 23.1. The number of H-pyrrole nitrogens is 1. The predicted molar refractivity (Wildman–Crippen MR) is 138 cm³/mol. The average Bonchev–Trinajstić information content (AvgIpc) is 3.41. The molecule has 0 fully saturated rings. The Hall–Kier alpha value is -2.52. The number of aromatic amines is 1. The molecule has 2 aromatic carbocycles. The van der Waals surface area contributed by atoms with Crippen molar-refractivity contribution in [3.05, 3.63) is 88.8 Å². The van der Waals surface area contributed by atoms with Gasteiger partial charge in [-0.2, -0.15) is 5.10 Å². The van der Waals surface area contributed by atoms with Gasteiger partial charge in [0.1, 0.15) is 0 Å². The van der Waals surface area contributed by atoms with E-state index >= 15 is 0 Å². The van der Waals surface area contributed by atoms with Crippen molar-refractivity contribution in [3.63, 3.8) is 0 Å². The summed E-state index contributed by atoms with van der Waals surface area (Å²) in [6.07, 6.45) is 6.69. The lowest BCUT2D eigenvalue weighted by atomic mass is 10.1.